The summed E-state index contributed by atoms with van der Waals surface area (Å²) < 4.78 is 0. The Labute approximate surface area is 237 Å². The Bertz CT molecular complexity index is 1340. The normalized spacial score (nSPS) is 14.1. The first-order chi connectivity index (χ1) is 18.9. The topological polar surface area (TPSA) is 110 Å². The Morgan fingerprint density at radius 3 is 2.05 bits per heavy atom. The summed E-state index contributed by atoms with van der Waals surface area (Å²) in [5.74, 6) is -0.871. The summed E-state index contributed by atoms with van der Waals surface area (Å²) in [4.78, 5) is 43.5. The van der Waals surface area contributed by atoms with Gasteiger partial charge in [0.15, 0.2) is 5.78 Å². The molecule has 3 rings (SSSR count). The molecule has 7 heteroatoms. The highest BCUT2D eigenvalue weighted by molar-refractivity contribution is 5.96. The van der Waals surface area contributed by atoms with E-state index in [1.54, 1.807) is 27.1 Å². The van der Waals surface area contributed by atoms with Crippen LogP contribution in [-0.4, -0.2) is 65.2 Å². The van der Waals surface area contributed by atoms with Gasteiger partial charge in [-0.2, -0.15) is 0 Å². The van der Waals surface area contributed by atoms with E-state index in [1.165, 1.54) is 15.9 Å². The molecule has 3 aromatic carbocycles. The van der Waals surface area contributed by atoms with E-state index in [0.717, 1.165) is 21.9 Å². The Morgan fingerprint density at radius 1 is 0.825 bits per heavy atom. The number of Topliss-reactive ketones (excluding diaryl/α,β-unsaturated/α-hetero) is 1. The molecule has 2 amide bonds. The molecule has 212 valence electrons. The van der Waals surface area contributed by atoms with Gasteiger partial charge < -0.3 is 21.3 Å². The number of carbonyl (C=O) groups is 3. The van der Waals surface area contributed by atoms with Crippen molar-refractivity contribution < 1.29 is 14.4 Å². The van der Waals surface area contributed by atoms with Crippen molar-refractivity contribution in [3.8, 4) is 0 Å². The molecule has 0 heterocycles. The van der Waals surface area contributed by atoms with Crippen molar-refractivity contribution in [3.05, 3.63) is 96.1 Å². The fraction of sp³-hybridized carbons (Fsp3) is 0.364. The molecule has 7 nitrogen and oxygen atoms in total. The predicted octanol–water partition coefficient (Wildman–Crippen LogP) is 3.88. The van der Waals surface area contributed by atoms with Crippen molar-refractivity contribution in [2.24, 2.45) is 11.5 Å². The summed E-state index contributed by atoms with van der Waals surface area (Å²) in [7, 11) is 3.24. The molecule has 0 aliphatic rings. The Kier molecular flexibility index (Phi) is 10.4. The van der Waals surface area contributed by atoms with Gasteiger partial charge in [-0.1, -0.05) is 78.9 Å². The third-order valence-electron chi connectivity index (χ3n) is 7.11. The van der Waals surface area contributed by atoms with Gasteiger partial charge in [0.25, 0.3) is 0 Å². The molecule has 40 heavy (non-hydrogen) atoms. The van der Waals surface area contributed by atoms with Crippen LogP contribution in [0.4, 0.5) is 0 Å². The van der Waals surface area contributed by atoms with Crippen molar-refractivity contribution in [2.75, 3.05) is 14.1 Å². The summed E-state index contributed by atoms with van der Waals surface area (Å²) in [5.41, 5.74) is 13.4. The first kappa shape index (κ1) is 30.7. The van der Waals surface area contributed by atoms with Gasteiger partial charge >= 0.3 is 0 Å². The van der Waals surface area contributed by atoms with Crippen molar-refractivity contribution >= 4 is 28.4 Å². The van der Waals surface area contributed by atoms with Gasteiger partial charge in [0.05, 0.1) is 12.1 Å². The average molecular weight is 543 g/mol. The molecule has 0 radical (unpaired) electrons. The molecule has 0 fully saturated rings. The minimum absolute atomic E-state index is 0.233. The van der Waals surface area contributed by atoms with E-state index in [1.807, 2.05) is 86.6 Å². The smallest absolute Gasteiger partial charge is 0.246 e. The third-order valence-corrected chi connectivity index (χ3v) is 7.11. The molecule has 4 N–H and O–H groups in total. The van der Waals surface area contributed by atoms with Gasteiger partial charge in [0, 0.05) is 32.5 Å². The van der Waals surface area contributed by atoms with Gasteiger partial charge in [-0.25, -0.2) is 0 Å². The van der Waals surface area contributed by atoms with Crippen LogP contribution in [0.2, 0.25) is 0 Å². The number of nitrogens with two attached hydrogens (primary N) is 2. The number of nitrogens with zero attached hydrogens (tertiary/aromatic N) is 2. The lowest BCUT2D eigenvalue weighted by molar-refractivity contribution is -0.145. The highest BCUT2D eigenvalue weighted by Gasteiger charge is 2.35. The van der Waals surface area contributed by atoms with Crippen LogP contribution in [0.15, 0.2) is 84.9 Å². The Morgan fingerprint density at radius 2 is 1.43 bits per heavy atom. The molecule has 3 atom stereocenters. The highest BCUT2D eigenvalue weighted by Crippen LogP contribution is 2.20. The highest BCUT2D eigenvalue weighted by atomic mass is 16.2. The standard InChI is InChI=1S/C33H42N4O3/c1-23(34)31(39)28(21-24-12-7-6-8-13-24)37(5)32(40)29(36(4)30(38)16-11-19-33(2,3)35)22-25-17-18-26-14-9-10-15-27(26)20-25/h6-18,20,23,28-29H,19,21-22,34-35H2,1-5H3/t23?,28-,29-/m1/s1. The summed E-state index contributed by atoms with van der Waals surface area (Å²) in [6.07, 6.45) is 4.33. The van der Waals surface area contributed by atoms with E-state index in [0.29, 0.717) is 12.8 Å². The van der Waals surface area contributed by atoms with E-state index in [-0.39, 0.29) is 24.0 Å². The first-order valence-electron chi connectivity index (χ1n) is 13.7. The number of fused-ring (bicyclic) bond motifs is 1. The van der Waals surface area contributed by atoms with Gasteiger partial charge in [-0.3, -0.25) is 14.4 Å². The van der Waals surface area contributed by atoms with Crippen LogP contribution >= 0.6 is 0 Å². The molecule has 0 aromatic heterocycles. The van der Waals surface area contributed by atoms with Gasteiger partial charge in [0.1, 0.15) is 6.04 Å². The first-order valence-corrected chi connectivity index (χ1v) is 13.7. The maximum atomic E-state index is 14.1. The largest absolute Gasteiger partial charge is 0.334 e. The molecule has 0 aliphatic carbocycles. The number of ketones is 1. The van der Waals surface area contributed by atoms with E-state index >= 15 is 0 Å². The summed E-state index contributed by atoms with van der Waals surface area (Å²) in [6.45, 7) is 5.40. The molecule has 1 unspecified atom stereocenters. The lowest BCUT2D eigenvalue weighted by Gasteiger charge is -2.35. The SMILES string of the molecule is CC(N)C(=O)[C@@H](Cc1ccccc1)N(C)C(=O)[C@@H](Cc1ccc2ccccc2c1)N(C)C(=O)C=CCC(C)(C)N. The fourth-order valence-electron chi connectivity index (χ4n) is 4.67. The Balaban J connectivity index is 1.95. The number of amides is 2. The van der Waals surface area contributed by atoms with Crippen molar-refractivity contribution in [3.63, 3.8) is 0 Å². The monoisotopic (exact) mass is 542 g/mol. The number of rotatable bonds is 12. The van der Waals surface area contributed by atoms with Crippen molar-refractivity contribution in [1.29, 1.82) is 0 Å². The zero-order chi connectivity index (χ0) is 29.4. The van der Waals surface area contributed by atoms with E-state index in [4.69, 9.17) is 11.5 Å². The van der Waals surface area contributed by atoms with Gasteiger partial charge in [-0.15, -0.1) is 0 Å². The molecule has 0 bridgehead atoms. The van der Waals surface area contributed by atoms with E-state index < -0.39 is 23.7 Å². The summed E-state index contributed by atoms with van der Waals surface area (Å²) in [5, 5.41) is 2.14. The number of likely N-dealkylation sites (N-methyl/N-ethyl adjacent to an activating group) is 2. The molecular weight excluding hydrogens is 500 g/mol. The van der Waals surface area contributed by atoms with E-state index in [2.05, 4.69) is 0 Å². The van der Waals surface area contributed by atoms with Crippen molar-refractivity contribution in [1.82, 2.24) is 9.80 Å². The van der Waals surface area contributed by atoms with Crippen LogP contribution in [0.25, 0.3) is 10.8 Å². The van der Waals surface area contributed by atoms with Crippen molar-refractivity contribution in [2.45, 2.75) is 63.7 Å². The minimum Gasteiger partial charge on any atom is -0.334 e. The second-order valence-corrected chi connectivity index (χ2v) is 11.3. The predicted molar refractivity (Wildman–Crippen MR) is 162 cm³/mol. The lowest BCUT2D eigenvalue weighted by atomic mass is 9.95. The summed E-state index contributed by atoms with van der Waals surface area (Å²) in [6, 6.07) is 21.2. The number of hydrogen-bond acceptors (Lipinski definition) is 5. The molecule has 0 spiro atoms. The molecule has 3 aromatic rings. The zero-order valence-electron chi connectivity index (χ0n) is 24.2. The van der Waals surface area contributed by atoms with Gasteiger partial charge in [0.2, 0.25) is 11.8 Å². The third kappa shape index (κ3) is 8.34. The zero-order valence-corrected chi connectivity index (χ0v) is 24.2. The molecule has 0 saturated carbocycles. The maximum absolute atomic E-state index is 14.1. The van der Waals surface area contributed by atoms with E-state index in [9.17, 15) is 14.4 Å². The van der Waals surface area contributed by atoms with Crippen LogP contribution in [-0.2, 0) is 27.2 Å². The number of carbonyl (C=O) groups excluding carboxylic acids is 3. The average Bonchev–Trinajstić information content (AvgIpc) is 2.92. The Hall–Kier alpha value is -3.81. The molecule has 0 aliphatic heterocycles. The number of benzene rings is 3. The van der Waals surface area contributed by atoms with Crippen LogP contribution in [0, 0.1) is 0 Å². The quantitative estimate of drug-likeness (QED) is 0.338. The second kappa shape index (κ2) is 13.5. The van der Waals surface area contributed by atoms with Crippen LogP contribution in [0.1, 0.15) is 38.3 Å². The second-order valence-electron chi connectivity index (χ2n) is 11.3. The molecule has 0 saturated heterocycles. The van der Waals surface area contributed by atoms with Crippen LogP contribution in [0.5, 0.6) is 0 Å². The lowest BCUT2D eigenvalue weighted by Crippen LogP contribution is -2.56. The minimum atomic E-state index is -0.839. The fourth-order valence-corrected chi connectivity index (χ4v) is 4.67. The molecular formula is C33H42N4O3. The van der Waals surface area contributed by atoms with Crippen LogP contribution < -0.4 is 11.5 Å². The maximum Gasteiger partial charge on any atom is 0.246 e. The summed E-state index contributed by atoms with van der Waals surface area (Å²) >= 11 is 0. The number of hydrogen-bond donors (Lipinski definition) is 2. The van der Waals surface area contributed by atoms with Gasteiger partial charge in [-0.05, 0) is 55.2 Å². The van der Waals surface area contributed by atoms with Crippen LogP contribution in [0.3, 0.4) is 0 Å².